The lowest BCUT2D eigenvalue weighted by Gasteiger charge is -2.12. The van der Waals surface area contributed by atoms with Crippen molar-refractivity contribution in [3.8, 4) is 131 Å². The third-order valence-electron chi connectivity index (χ3n) is 2.34. The molecule has 0 aliphatic carbocycles. The van der Waals surface area contributed by atoms with Gasteiger partial charge in [0.05, 0.1) is 6.61 Å². The van der Waals surface area contributed by atoms with Crippen LogP contribution in [-0.4, -0.2) is 36.4 Å². The number of terminal acetylenes is 1. The van der Waals surface area contributed by atoms with Gasteiger partial charge in [-0.2, -0.15) is 13.5 Å². The SMILES string of the molecule is C#CC#CC#CC#CC#CC#CC(=O)O[C@H](CO)COC(=O)C#CC#CC#CC#CC#CC.S.[HH].[HH].[HH].[HH].[HH].[HH].[HH].[HH].[HH].[HH].[HH].[HH].[HH].[HH].[HH].[HH].[HH].[HH].[HH].[HH].[HH]. The topological polar surface area (TPSA) is 72.8 Å². The maximum Gasteiger partial charge on any atom is 0.385 e. The van der Waals surface area contributed by atoms with Gasteiger partial charge in [0.2, 0.25) is 0 Å². The Labute approximate surface area is 237 Å². The third kappa shape index (κ3) is 21.1. The molecule has 0 amide bonds. The average Bonchev–Trinajstić information content (AvgIpc) is 2.81. The molecule has 0 spiro atoms. The molecule has 0 aromatic rings. The summed E-state index contributed by atoms with van der Waals surface area (Å²) in [4.78, 5) is 23.1. The monoisotopic (exact) mass is 502 g/mol. The van der Waals surface area contributed by atoms with Gasteiger partial charge < -0.3 is 14.6 Å². The quantitative estimate of drug-likeness (QED) is 0.350. The summed E-state index contributed by atoms with van der Waals surface area (Å²) in [5.74, 6) is 47.0. The van der Waals surface area contributed by atoms with Crippen molar-refractivity contribution in [3.63, 3.8) is 0 Å². The van der Waals surface area contributed by atoms with Gasteiger partial charge in [0.25, 0.3) is 0 Å². The molecule has 0 aromatic heterocycles. The van der Waals surface area contributed by atoms with Crippen LogP contribution in [0.3, 0.4) is 0 Å². The first-order chi connectivity index (χ1) is 16.1. The maximum absolute atomic E-state index is 11.6. The van der Waals surface area contributed by atoms with E-state index in [1.807, 2.05) is 0 Å². The van der Waals surface area contributed by atoms with Gasteiger partial charge in [-0.1, -0.05) is 5.92 Å². The molecule has 0 heterocycles. The minimum atomic E-state index is -1.13. The molecule has 0 fully saturated rings. The van der Waals surface area contributed by atoms with Gasteiger partial charge in [0, 0.05) is 41.8 Å². The molecule has 0 bridgehead atoms. The minimum absolute atomic E-state index is 0. The second-order valence-corrected chi connectivity index (χ2v) is 4.58. The average molecular weight is 503 g/mol. The molecule has 0 aliphatic rings. The number of aliphatic hydroxyl groups is 1. The second kappa shape index (κ2) is 23.7. The first kappa shape index (κ1) is 30.6. The van der Waals surface area contributed by atoms with Crippen LogP contribution in [0.15, 0.2) is 0 Å². The van der Waals surface area contributed by atoms with Crippen molar-refractivity contribution in [1.29, 1.82) is 0 Å². The fourth-order valence-electron chi connectivity index (χ4n) is 1.18. The Kier molecular flexibility index (Phi) is 21.3. The van der Waals surface area contributed by atoms with Gasteiger partial charge in [-0.25, -0.2) is 9.59 Å². The molecular weight excluding hydrogens is 448 g/mol. The lowest BCUT2D eigenvalue weighted by Crippen LogP contribution is -2.27. The Morgan fingerprint density at radius 2 is 1.15 bits per heavy atom. The largest absolute Gasteiger partial charge is 0.452 e. The van der Waals surface area contributed by atoms with E-state index in [1.54, 1.807) is 6.92 Å². The number of ether oxygens (including phenoxy) is 2. The number of rotatable bonds is 4. The van der Waals surface area contributed by atoms with Gasteiger partial charge in [-0.3, -0.25) is 0 Å². The summed E-state index contributed by atoms with van der Waals surface area (Å²) in [6.07, 6.45) is 3.77. The van der Waals surface area contributed by atoms with Gasteiger partial charge in [0.1, 0.15) is 6.61 Å². The van der Waals surface area contributed by atoms with E-state index in [1.165, 1.54) is 0 Å². The van der Waals surface area contributed by atoms with E-state index in [0.717, 1.165) is 0 Å². The Balaban J connectivity index is -0.0000000222. The summed E-state index contributed by atoms with van der Waals surface area (Å²) in [6, 6.07) is 0. The van der Waals surface area contributed by atoms with Crippen molar-refractivity contribution < 1.29 is 54.1 Å². The molecule has 6 heteroatoms. The molecule has 0 saturated heterocycles. The summed E-state index contributed by atoms with van der Waals surface area (Å²) in [5.41, 5.74) is 0. The van der Waals surface area contributed by atoms with Gasteiger partial charge in [-0.15, -0.1) is 6.42 Å². The zero-order valence-corrected chi connectivity index (χ0v) is 18.6. The molecule has 0 aliphatic heterocycles. The summed E-state index contributed by atoms with van der Waals surface area (Å²) >= 11 is 0. The van der Waals surface area contributed by atoms with Crippen LogP contribution in [0, 0.1) is 131 Å². The molecule has 0 unspecified atom stereocenters. The van der Waals surface area contributed by atoms with Crippen molar-refractivity contribution in [2.75, 3.05) is 13.2 Å². The molecule has 0 saturated carbocycles. The Morgan fingerprint density at radius 1 is 0.735 bits per heavy atom. The van der Waals surface area contributed by atoms with Crippen molar-refractivity contribution >= 4 is 25.4 Å². The Bertz CT molecular complexity index is 1490. The van der Waals surface area contributed by atoms with Crippen LogP contribution in [0.4, 0.5) is 0 Å². The van der Waals surface area contributed by atoms with Gasteiger partial charge >= 0.3 is 11.9 Å². The number of hydrogen-bond acceptors (Lipinski definition) is 5. The van der Waals surface area contributed by atoms with Crippen molar-refractivity contribution in [2.24, 2.45) is 0 Å². The molecule has 1 atom stereocenters. The highest BCUT2D eigenvalue weighted by Gasteiger charge is 2.14. The molecule has 34 heavy (non-hydrogen) atoms. The molecule has 202 valence electrons. The summed E-state index contributed by atoms with van der Waals surface area (Å²) in [5, 5.41) is 9.20. The summed E-state index contributed by atoms with van der Waals surface area (Å²) in [6.45, 7) is 0.606. The number of hydrogen-bond donors (Lipinski definition) is 1. The van der Waals surface area contributed by atoms with E-state index in [2.05, 4.69) is 124 Å². The third-order valence-corrected chi connectivity index (χ3v) is 2.34. The van der Waals surface area contributed by atoms with Crippen molar-refractivity contribution in [3.05, 3.63) is 0 Å². The van der Waals surface area contributed by atoms with Crippen LogP contribution in [-0.2, 0) is 19.1 Å². The lowest BCUT2D eigenvalue weighted by atomic mass is 10.4. The van der Waals surface area contributed by atoms with Crippen molar-refractivity contribution in [2.45, 2.75) is 13.0 Å². The predicted octanol–water partition coefficient (Wildman–Crippen LogP) is 4.40. The molecule has 0 rings (SSSR count). The molecule has 0 aromatic carbocycles. The number of carbonyl (C=O) groups excluding carboxylic acids is 2. The predicted molar refractivity (Wildman–Crippen MR) is 175 cm³/mol. The van der Waals surface area contributed by atoms with E-state index < -0.39 is 31.3 Å². The zero-order valence-electron chi connectivity index (χ0n) is 17.6. The standard InChI is InChI=1S/C28H10O5.H2S.21H2/c1-3-5-7-9-11-13-15-17-19-21-23-28(31)33-26(24-29)25-32-27(30)22-20-18-16-14-12-10-8-6-4-2;;;;;;;;;;;;;;;;;;;;;;/h1,26,29H,24-25H2,2H3;1H2;21*1H/t26-;;;;;;;;;;;;;;;;;;;;;;/m1....................../s1. The first-order valence-electron chi connectivity index (χ1n) is 8.51. The highest BCUT2D eigenvalue weighted by atomic mass is 32.1. The number of carbonyl (C=O) groups is 2. The minimum Gasteiger partial charge on any atom is -0.452 e. The number of aliphatic hydroxyl groups excluding tert-OH is 1. The van der Waals surface area contributed by atoms with Crippen LogP contribution in [0.25, 0.3) is 0 Å². The molecule has 1 N–H and O–H groups in total. The van der Waals surface area contributed by atoms with Crippen molar-refractivity contribution in [1.82, 2.24) is 0 Å². The van der Waals surface area contributed by atoms with Gasteiger partial charge in [0.15, 0.2) is 6.10 Å². The fourth-order valence-corrected chi connectivity index (χ4v) is 1.18. The van der Waals surface area contributed by atoms with Crippen LogP contribution >= 0.6 is 13.5 Å². The number of esters is 2. The van der Waals surface area contributed by atoms with E-state index in [9.17, 15) is 14.7 Å². The van der Waals surface area contributed by atoms with Gasteiger partial charge in [-0.05, 0) is 113 Å². The first-order valence-corrected chi connectivity index (χ1v) is 8.51. The van der Waals surface area contributed by atoms with E-state index >= 15 is 0 Å². The van der Waals surface area contributed by atoms with E-state index in [-0.39, 0.29) is 43.5 Å². The highest BCUT2D eigenvalue weighted by Crippen LogP contribution is 1.94. The molecule has 5 nitrogen and oxygen atoms in total. The fraction of sp³-hybridized carbons (Fsp3) is 0.143. The summed E-state index contributed by atoms with van der Waals surface area (Å²) < 4.78 is 9.57. The molecular formula is C28H54O5S. The maximum atomic E-state index is 11.6. The van der Waals surface area contributed by atoms with E-state index in [0.29, 0.717) is 0 Å². The van der Waals surface area contributed by atoms with Crippen LogP contribution in [0.2, 0.25) is 0 Å². The smallest absolute Gasteiger partial charge is 0.385 e. The van der Waals surface area contributed by atoms with Crippen LogP contribution < -0.4 is 0 Å². The summed E-state index contributed by atoms with van der Waals surface area (Å²) in [7, 11) is 0. The zero-order chi connectivity index (χ0) is 24.4. The van der Waals surface area contributed by atoms with E-state index in [4.69, 9.17) is 15.9 Å². The highest BCUT2D eigenvalue weighted by molar-refractivity contribution is 7.59. The lowest BCUT2D eigenvalue weighted by molar-refractivity contribution is -0.153. The Hall–Kier alpha value is -5.59. The second-order valence-electron chi connectivity index (χ2n) is 4.58. The van der Waals surface area contributed by atoms with Crippen LogP contribution in [0.5, 0.6) is 0 Å². The van der Waals surface area contributed by atoms with Crippen LogP contribution in [0.1, 0.15) is 36.9 Å². The Morgan fingerprint density at radius 3 is 1.59 bits per heavy atom. The normalized spacial score (nSPS) is 6.62. The molecule has 0 radical (unpaired) electrons.